The molecule has 0 fully saturated rings. The summed E-state index contributed by atoms with van der Waals surface area (Å²) in [6.07, 6.45) is 2.50. The maximum Gasteiger partial charge on any atom is 0.236 e. The predicted molar refractivity (Wildman–Crippen MR) is 71.7 cm³/mol. The Labute approximate surface area is 107 Å². The lowest BCUT2D eigenvalue weighted by atomic mass is 10.1. The first-order valence-electron chi connectivity index (χ1n) is 5.37. The van der Waals surface area contributed by atoms with E-state index >= 15 is 0 Å². The van der Waals surface area contributed by atoms with Crippen LogP contribution in [-0.4, -0.2) is 23.9 Å². The van der Waals surface area contributed by atoms with E-state index in [1.165, 1.54) is 0 Å². The third kappa shape index (κ3) is 3.75. The van der Waals surface area contributed by atoms with Crippen LogP contribution in [0.5, 0.6) is 0 Å². The van der Waals surface area contributed by atoms with E-state index in [1.54, 1.807) is 0 Å². The van der Waals surface area contributed by atoms with E-state index < -0.39 is 0 Å². The monoisotopic (exact) mass is 250 g/mol. The quantitative estimate of drug-likeness (QED) is 0.462. The van der Waals surface area contributed by atoms with E-state index in [1.807, 2.05) is 19.9 Å². The van der Waals surface area contributed by atoms with Crippen molar-refractivity contribution in [2.24, 2.45) is 10.3 Å². The van der Waals surface area contributed by atoms with E-state index in [-0.39, 0.29) is 11.8 Å². The van der Waals surface area contributed by atoms with Gasteiger partial charge in [0, 0.05) is 24.5 Å². The molecule has 1 aliphatic carbocycles. The molecular formula is C12H16N3OS+. The minimum atomic E-state index is -0.0446. The van der Waals surface area contributed by atoms with Crippen molar-refractivity contribution in [3.63, 3.8) is 0 Å². The molecule has 0 aromatic carbocycles. The molecule has 3 N–H and O–H groups in total. The maximum atomic E-state index is 11.5. The van der Waals surface area contributed by atoms with Crippen LogP contribution in [0.3, 0.4) is 0 Å². The lowest BCUT2D eigenvalue weighted by Crippen LogP contribution is -2.47. The van der Waals surface area contributed by atoms with E-state index in [0.717, 1.165) is 5.57 Å². The third-order valence-electron chi connectivity index (χ3n) is 2.34. The largest absolute Gasteiger partial charge is 0.352 e. The van der Waals surface area contributed by atoms with Crippen molar-refractivity contribution in [1.82, 2.24) is 5.32 Å². The number of hydrogen-bond donors (Lipinski definition) is 3. The third-order valence-corrected chi connectivity index (χ3v) is 2.54. The minimum absolute atomic E-state index is 0.00627. The number of nitrogens with two attached hydrogens (primary N) is 1. The van der Waals surface area contributed by atoms with E-state index in [0.29, 0.717) is 24.4 Å². The van der Waals surface area contributed by atoms with E-state index in [2.05, 4.69) is 34.4 Å². The molecule has 0 bridgehead atoms. The fraction of sp³-hybridized carbons (Fsp3) is 0.417. The second-order valence-corrected chi connectivity index (χ2v) is 4.17. The van der Waals surface area contributed by atoms with Crippen LogP contribution in [-0.2, 0) is 4.79 Å². The molecule has 0 saturated carbocycles. The fourth-order valence-corrected chi connectivity index (χ4v) is 1.43. The topological polar surface area (TPSA) is 67.0 Å². The van der Waals surface area contributed by atoms with E-state index in [9.17, 15) is 4.79 Å². The number of allylic oxidation sites excluding steroid dienone is 1. The van der Waals surface area contributed by atoms with Crippen molar-refractivity contribution in [3.05, 3.63) is 11.6 Å². The van der Waals surface area contributed by atoms with Gasteiger partial charge in [-0.2, -0.15) is 0 Å². The Kier molecular flexibility index (Phi) is 4.98. The normalized spacial score (nSPS) is 17.3. The van der Waals surface area contributed by atoms with Gasteiger partial charge in [0.1, 0.15) is 0 Å². The number of amides is 1. The molecule has 90 valence electrons. The van der Waals surface area contributed by atoms with Crippen molar-refractivity contribution in [3.8, 4) is 11.8 Å². The first-order valence-corrected chi connectivity index (χ1v) is 5.77. The molecule has 0 atom stereocenters. The van der Waals surface area contributed by atoms with Gasteiger partial charge >= 0.3 is 0 Å². The zero-order chi connectivity index (χ0) is 12.8. The molecule has 0 heterocycles. The van der Waals surface area contributed by atoms with Gasteiger partial charge in [-0.1, -0.05) is 25.8 Å². The zero-order valence-corrected chi connectivity index (χ0v) is 10.8. The molecule has 0 aromatic rings. The molecule has 0 unspecified atom stereocenters. The summed E-state index contributed by atoms with van der Waals surface area (Å²) in [5.41, 5.74) is 1.76. The molecule has 1 amide bonds. The number of nitrogens with zero attached hydrogens (tertiary/aromatic N) is 1. The van der Waals surface area contributed by atoms with Crippen molar-refractivity contribution < 1.29 is 10.2 Å². The number of carbonyl (C=O) groups is 1. The summed E-state index contributed by atoms with van der Waals surface area (Å²) >= 11 is 3.82. The number of thiol groups is 1. The van der Waals surface area contributed by atoms with Gasteiger partial charge in [0.05, 0.1) is 0 Å². The van der Waals surface area contributed by atoms with Crippen molar-refractivity contribution in [2.45, 2.75) is 20.3 Å². The van der Waals surface area contributed by atoms with Crippen LogP contribution in [0.4, 0.5) is 0 Å². The summed E-state index contributed by atoms with van der Waals surface area (Å²) < 4.78 is 3.72. The van der Waals surface area contributed by atoms with Crippen LogP contribution in [0, 0.1) is 17.8 Å². The summed E-state index contributed by atoms with van der Waals surface area (Å²) in [6.45, 7) is 4.07. The summed E-state index contributed by atoms with van der Waals surface area (Å²) in [7, 11) is 0. The average molecular weight is 250 g/mol. The maximum absolute atomic E-state index is 11.5. The molecular weight excluding hydrogens is 234 g/mol. The second-order valence-electron chi connectivity index (χ2n) is 3.97. The Bertz CT molecular complexity index is 452. The highest BCUT2D eigenvalue weighted by atomic mass is 32.1. The standard InChI is InChI=1S/C12H15N3OS/c1-8(2)12(16)14-7-9-5-3-4-6-10(15-17)11(9)13/h5,8,13,17H,3,7H2,1-2H3,(H,14,16)/p+1. The van der Waals surface area contributed by atoms with Crippen LogP contribution in [0.15, 0.2) is 16.0 Å². The van der Waals surface area contributed by atoms with Gasteiger partial charge in [0.15, 0.2) is 5.71 Å². The Morgan fingerprint density at radius 2 is 2.41 bits per heavy atom. The van der Waals surface area contributed by atoms with Crippen LogP contribution in [0.1, 0.15) is 20.3 Å². The molecule has 17 heavy (non-hydrogen) atoms. The van der Waals surface area contributed by atoms with Gasteiger partial charge in [-0.25, -0.2) is 4.40 Å². The second kappa shape index (κ2) is 6.26. The summed E-state index contributed by atoms with van der Waals surface area (Å²) in [4.78, 5) is 11.5. The summed E-state index contributed by atoms with van der Waals surface area (Å²) in [6, 6.07) is 0. The number of rotatable bonds is 3. The van der Waals surface area contributed by atoms with Crippen molar-refractivity contribution in [2.75, 3.05) is 6.54 Å². The zero-order valence-electron chi connectivity index (χ0n) is 9.95. The first kappa shape index (κ1) is 13.5. The lowest BCUT2D eigenvalue weighted by Gasteiger charge is -2.08. The Morgan fingerprint density at radius 3 is 3.00 bits per heavy atom. The van der Waals surface area contributed by atoms with Crippen LogP contribution in [0.25, 0.3) is 0 Å². The highest BCUT2D eigenvalue weighted by molar-refractivity contribution is 7.79. The minimum Gasteiger partial charge on any atom is -0.352 e. The average Bonchev–Trinajstić information content (AvgIpc) is 2.48. The van der Waals surface area contributed by atoms with Gasteiger partial charge in [0.25, 0.3) is 0 Å². The molecule has 0 aromatic heterocycles. The van der Waals surface area contributed by atoms with Crippen LogP contribution in [0.2, 0.25) is 0 Å². The number of nitrogens with one attached hydrogen (secondary N) is 1. The summed E-state index contributed by atoms with van der Waals surface area (Å²) in [5, 5.41) is 8.72. The smallest absolute Gasteiger partial charge is 0.236 e. The van der Waals surface area contributed by atoms with Crippen LogP contribution >= 0.6 is 12.8 Å². The summed E-state index contributed by atoms with van der Waals surface area (Å²) in [5.74, 6) is 5.67. The Hall–Kier alpha value is -1.54. The predicted octanol–water partition coefficient (Wildman–Crippen LogP) is -0.422. The number of hydrogen-bond acceptors (Lipinski definition) is 3. The first-order chi connectivity index (χ1) is 8.06. The Morgan fingerprint density at radius 1 is 1.71 bits per heavy atom. The van der Waals surface area contributed by atoms with Crippen molar-refractivity contribution >= 4 is 30.1 Å². The SMILES string of the molecule is CC(C)C(=O)NCC1=CCC#CC(=NS)C1=[NH2+]. The molecule has 0 saturated heterocycles. The van der Waals surface area contributed by atoms with Crippen LogP contribution < -0.4 is 10.7 Å². The highest BCUT2D eigenvalue weighted by Crippen LogP contribution is 2.03. The highest BCUT2D eigenvalue weighted by Gasteiger charge is 2.19. The molecule has 0 spiro atoms. The fourth-order valence-electron chi connectivity index (χ4n) is 1.27. The molecule has 0 aliphatic heterocycles. The van der Waals surface area contributed by atoms with Gasteiger partial charge in [0.2, 0.25) is 11.6 Å². The van der Waals surface area contributed by atoms with Crippen molar-refractivity contribution in [1.29, 1.82) is 0 Å². The number of carbonyl (C=O) groups excluding carboxylic acids is 1. The molecule has 5 heteroatoms. The molecule has 1 rings (SSSR count). The lowest BCUT2D eigenvalue weighted by molar-refractivity contribution is -0.123. The Balaban J connectivity index is 2.70. The van der Waals surface area contributed by atoms with Gasteiger partial charge in [-0.3, -0.25) is 10.2 Å². The molecule has 0 radical (unpaired) electrons. The molecule has 4 nitrogen and oxygen atoms in total. The van der Waals surface area contributed by atoms with E-state index in [4.69, 9.17) is 5.41 Å². The van der Waals surface area contributed by atoms with Gasteiger partial charge in [-0.05, 0) is 18.7 Å². The van der Waals surface area contributed by atoms with Gasteiger partial charge < -0.3 is 5.32 Å². The van der Waals surface area contributed by atoms with Gasteiger partial charge in [-0.15, -0.1) is 0 Å². The molecule has 1 aliphatic rings.